The lowest BCUT2D eigenvalue weighted by molar-refractivity contribution is -0.134. The lowest BCUT2D eigenvalue weighted by atomic mass is 10.2. The highest BCUT2D eigenvalue weighted by molar-refractivity contribution is 5.82. The van der Waals surface area contributed by atoms with Crippen molar-refractivity contribution in [3.05, 3.63) is 24.2 Å². The predicted molar refractivity (Wildman–Crippen MR) is 63.3 cm³/mol. The Labute approximate surface area is 101 Å². The second kappa shape index (κ2) is 4.53. The summed E-state index contributed by atoms with van der Waals surface area (Å²) in [6.07, 6.45) is 6.02. The first-order chi connectivity index (χ1) is 8.34. The summed E-state index contributed by atoms with van der Waals surface area (Å²) in [5.41, 5.74) is 0. The van der Waals surface area contributed by atoms with E-state index < -0.39 is 0 Å². The van der Waals surface area contributed by atoms with Crippen LogP contribution < -0.4 is 5.32 Å². The summed E-state index contributed by atoms with van der Waals surface area (Å²) >= 11 is 0. The van der Waals surface area contributed by atoms with Crippen molar-refractivity contribution >= 4 is 5.91 Å². The summed E-state index contributed by atoms with van der Waals surface area (Å²) in [6, 6.07) is 4.28. The number of furan rings is 1. The molecule has 1 aliphatic heterocycles. The van der Waals surface area contributed by atoms with Crippen LogP contribution in [0, 0.1) is 0 Å². The van der Waals surface area contributed by atoms with E-state index >= 15 is 0 Å². The maximum absolute atomic E-state index is 12.4. The lowest BCUT2D eigenvalue weighted by Crippen LogP contribution is -2.44. The first kappa shape index (κ1) is 10.8. The van der Waals surface area contributed by atoms with Crippen LogP contribution in [0.15, 0.2) is 22.8 Å². The second-order valence-corrected chi connectivity index (χ2v) is 4.93. The van der Waals surface area contributed by atoms with Gasteiger partial charge in [-0.05, 0) is 44.4 Å². The highest BCUT2D eigenvalue weighted by Gasteiger charge is 2.36. The Kier molecular flexibility index (Phi) is 2.89. The number of hydrogen-bond donors (Lipinski definition) is 1. The maximum atomic E-state index is 12.4. The van der Waals surface area contributed by atoms with Crippen LogP contribution in [-0.2, 0) is 11.3 Å². The molecule has 3 rings (SSSR count). The molecule has 1 saturated heterocycles. The van der Waals surface area contributed by atoms with Crippen molar-refractivity contribution in [1.82, 2.24) is 10.2 Å². The minimum atomic E-state index is 0.0329. The summed E-state index contributed by atoms with van der Waals surface area (Å²) in [5, 5.41) is 3.28. The number of rotatable bonds is 4. The largest absolute Gasteiger partial charge is 0.467 e. The van der Waals surface area contributed by atoms with Gasteiger partial charge in [0.1, 0.15) is 5.76 Å². The van der Waals surface area contributed by atoms with Crippen LogP contribution in [0.3, 0.4) is 0 Å². The van der Waals surface area contributed by atoms with Gasteiger partial charge in [-0.15, -0.1) is 0 Å². The zero-order chi connectivity index (χ0) is 11.7. The normalized spacial score (nSPS) is 23.9. The van der Waals surface area contributed by atoms with Crippen molar-refractivity contribution in [1.29, 1.82) is 0 Å². The number of nitrogens with one attached hydrogen (secondary N) is 1. The second-order valence-electron chi connectivity index (χ2n) is 4.93. The number of carbonyl (C=O) groups is 1. The molecular formula is C13H18N2O2. The molecule has 1 N–H and O–H groups in total. The molecule has 4 nitrogen and oxygen atoms in total. The molecule has 1 aromatic heterocycles. The quantitative estimate of drug-likeness (QED) is 0.859. The van der Waals surface area contributed by atoms with Crippen molar-refractivity contribution in [2.24, 2.45) is 0 Å². The molecule has 1 aromatic rings. The number of nitrogens with zero attached hydrogens (tertiary/aromatic N) is 1. The molecule has 2 fully saturated rings. The van der Waals surface area contributed by atoms with Crippen molar-refractivity contribution in [2.45, 2.75) is 44.3 Å². The topological polar surface area (TPSA) is 45.5 Å². The van der Waals surface area contributed by atoms with Crippen molar-refractivity contribution in [2.75, 3.05) is 6.54 Å². The predicted octanol–water partition coefficient (Wildman–Crippen LogP) is 1.52. The van der Waals surface area contributed by atoms with Crippen LogP contribution in [0.1, 0.15) is 31.4 Å². The fraction of sp³-hybridized carbons (Fsp3) is 0.615. The van der Waals surface area contributed by atoms with Gasteiger partial charge in [0.25, 0.3) is 0 Å². The summed E-state index contributed by atoms with van der Waals surface area (Å²) in [7, 11) is 0. The molecule has 2 aliphatic rings. The van der Waals surface area contributed by atoms with E-state index in [1.54, 1.807) is 6.26 Å². The molecule has 2 heterocycles. The molecule has 1 atom stereocenters. The van der Waals surface area contributed by atoms with E-state index in [2.05, 4.69) is 5.32 Å². The van der Waals surface area contributed by atoms with Crippen LogP contribution in [0.4, 0.5) is 0 Å². The van der Waals surface area contributed by atoms with Gasteiger partial charge in [0.15, 0.2) is 0 Å². The van der Waals surface area contributed by atoms with Crippen LogP contribution in [0.25, 0.3) is 0 Å². The fourth-order valence-electron chi connectivity index (χ4n) is 2.44. The van der Waals surface area contributed by atoms with Gasteiger partial charge in [-0.1, -0.05) is 0 Å². The van der Waals surface area contributed by atoms with Crippen LogP contribution in [0.5, 0.6) is 0 Å². The number of hydrogen-bond acceptors (Lipinski definition) is 3. The van der Waals surface area contributed by atoms with E-state index in [1.165, 1.54) is 0 Å². The summed E-state index contributed by atoms with van der Waals surface area (Å²) < 4.78 is 5.34. The van der Waals surface area contributed by atoms with Gasteiger partial charge in [0.2, 0.25) is 5.91 Å². The fourth-order valence-corrected chi connectivity index (χ4v) is 2.44. The number of carbonyl (C=O) groups excluding carboxylic acids is 1. The number of amides is 1. The van der Waals surface area contributed by atoms with E-state index in [1.807, 2.05) is 17.0 Å². The molecule has 1 amide bonds. The van der Waals surface area contributed by atoms with Crippen molar-refractivity contribution in [3.8, 4) is 0 Å². The maximum Gasteiger partial charge on any atom is 0.240 e. The van der Waals surface area contributed by atoms with E-state index in [9.17, 15) is 4.79 Å². The Hall–Kier alpha value is -1.29. The molecule has 0 spiro atoms. The lowest BCUT2D eigenvalue weighted by Gasteiger charge is -2.24. The minimum Gasteiger partial charge on any atom is -0.467 e. The zero-order valence-corrected chi connectivity index (χ0v) is 9.89. The molecule has 0 bridgehead atoms. The Balaban J connectivity index is 1.68. The summed E-state index contributed by atoms with van der Waals surface area (Å²) in [4.78, 5) is 14.4. The smallest absolute Gasteiger partial charge is 0.240 e. The molecule has 1 saturated carbocycles. The van der Waals surface area contributed by atoms with Gasteiger partial charge in [-0.25, -0.2) is 0 Å². The first-order valence-corrected chi connectivity index (χ1v) is 6.41. The third-order valence-corrected chi connectivity index (χ3v) is 3.54. The molecule has 4 heteroatoms. The van der Waals surface area contributed by atoms with Gasteiger partial charge < -0.3 is 14.6 Å². The van der Waals surface area contributed by atoms with E-state index in [0.29, 0.717) is 12.6 Å². The Morgan fingerprint density at radius 2 is 2.35 bits per heavy atom. The minimum absolute atomic E-state index is 0.0329. The summed E-state index contributed by atoms with van der Waals surface area (Å²) in [6.45, 7) is 1.59. The Morgan fingerprint density at radius 3 is 2.94 bits per heavy atom. The molecule has 0 radical (unpaired) electrons. The molecule has 17 heavy (non-hydrogen) atoms. The van der Waals surface area contributed by atoms with Gasteiger partial charge >= 0.3 is 0 Å². The van der Waals surface area contributed by atoms with Gasteiger partial charge in [0.05, 0.1) is 18.8 Å². The summed E-state index contributed by atoms with van der Waals surface area (Å²) in [5.74, 6) is 1.13. The highest BCUT2D eigenvalue weighted by Crippen LogP contribution is 2.29. The Morgan fingerprint density at radius 1 is 1.47 bits per heavy atom. The standard InChI is InChI=1S/C13H18N2O2/c16-13(12-4-1-7-14-12)15(10-5-6-10)9-11-3-2-8-17-11/h2-3,8,10,12,14H,1,4-7,9H2. The van der Waals surface area contributed by atoms with Gasteiger partial charge in [-0.2, -0.15) is 0 Å². The zero-order valence-electron chi connectivity index (χ0n) is 9.89. The molecule has 1 aliphatic carbocycles. The third kappa shape index (κ3) is 2.36. The van der Waals surface area contributed by atoms with Crippen LogP contribution in [-0.4, -0.2) is 29.4 Å². The van der Waals surface area contributed by atoms with Gasteiger partial charge in [0, 0.05) is 6.04 Å². The van der Waals surface area contributed by atoms with Crippen molar-refractivity contribution < 1.29 is 9.21 Å². The van der Waals surface area contributed by atoms with Crippen LogP contribution >= 0.6 is 0 Å². The van der Waals surface area contributed by atoms with E-state index in [0.717, 1.165) is 38.0 Å². The van der Waals surface area contributed by atoms with Crippen molar-refractivity contribution in [3.63, 3.8) is 0 Å². The molecule has 1 unspecified atom stereocenters. The molecule has 92 valence electrons. The highest BCUT2D eigenvalue weighted by atomic mass is 16.3. The van der Waals surface area contributed by atoms with E-state index in [-0.39, 0.29) is 11.9 Å². The first-order valence-electron chi connectivity index (χ1n) is 6.41. The Bertz CT molecular complexity index is 378. The average molecular weight is 234 g/mol. The average Bonchev–Trinajstić information content (AvgIpc) is 2.86. The van der Waals surface area contributed by atoms with Crippen LogP contribution in [0.2, 0.25) is 0 Å². The monoisotopic (exact) mass is 234 g/mol. The molecular weight excluding hydrogens is 216 g/mol. The molecule has 0 aromatic carbocycles. The SMILES string of the molecule is O=C(C1CCCN1)N(Cc1ccco1)C1CC1. The third-order valence-electron chi connectivity index (χ3n) is 3.54. The van der Waals surface area contributed by atoms with Gasteiger partial charge in [-0.3, -0.25) is 4.79 Å². The van der Waals surface area contributed by atoms with E-state index in [4.69, 9.17) is 4.42 Å².